The quantitative estimate of drug-likeness (QED) is 0.567. The molecule has 0 saturated carbocycles. The molecule has 1 atom stereocenters. The molecule has 5 heteroatoms. The number of halogens is 1. The maximum absolute atomic E-state index is 12.5. The van der Waals surface area contributed by atoms with Crippen LogP contribution in [0.3, 0.4) is 0 Å². The standard InChI is InChI=1S/C24H27BrN2O2/c1-24(2,3)29-23(28)27-14-12-26(13-15-27)22-18-9-5-4-8-17(18)16-21(25)19-10-6-7-11-20(19)22/h4-11,16,22H,12-15H2,1-3H3. The summed E-state index contributed by atoms with van der Waals surface area (Å²) in [6.45, 7) is 8.69. The lowest BCUT2D eigenvalue weighted by Crippen LogP contribution is -2.51. The summed E-state index contributed by atoms with van der Waals surface area (Å²) in [5.41, 5.74) is 4.59. The van der Waals surface area contributed by atoms with E-state index >= 15 is 0 Å². The molecule has 1 unspecified atom stereocenters. The summed E-state index contributed by atoms with van der Waals surface area (Å²) < 4.78 is 6.67. The molecule has 2 aromatic carbocycles. The van der Waals surface area contributed by atoms with Gasteiger partial charge in [-0.1, -0.05) is 64.5 Å². The minimum absolute atomic E-state index is 0.162. The van der Waals surface area contributed by atoms with Gasteiger partial charge in [0.05, 0.1) is 6.04 Å². The van der Waals surface area contributed by atoms with E-state index in [2.05, 4.69) is 75.4 Å². The Morgan fingerprint density at radius 1 is 0.966 bits per heavy atom. The molecule has 0 spiro atoms. The Hall–Kier alpha value is -2.11. The molecule has 1 heterocycles. The molecule has 0 aromatic heterocycles. The second-order valence-electron chi connectivity index (χ2n) is 8.61. The third-order valence-electron chi connectivity index (χ3n) is 5.42. The molecule has 0 N–H and O–H groups in total. The molecule has 4 nitrogen and oxygen atoms in total. The molecule has 0 bridgehead atoms. The zero-order valence-electron chi connectivity index (χ0n) is 17.2. The van der Waals surface area contributed by atoms with Gasteiger partial charge in [0.15, 0.2) is 0 Å². The first kappa shape index (κ1) is 20.2. The van der Waals surface area contributed by atoms with Crippen molar-refractivity contribution in [2.75, 3.05) is 26.2 Å². The Kier molecular flexibility index (Phi) is 5.54. The minimum atomic E-state index is -0.467. The van der Waals surface area contributed by atoms with Gasteiger partial charge in [-0.05, 0) is 49.1 Å². The molecule has 1 amide bonds. The van der Waals surface area contributed by atoms with Gasteiger partial charge in [-0.15, -0.1) is 0 Å². The second kappa shape index (κ2) is 7.96. The van der Waals surface area contributed by atoms with Crippen LogP contribution in [0, 0.1) is 0 Å². The lowest BCUT2D eigenvalue weighted by molar-refractivity contribution is 0.0119. The van der Waals surface area contributed by atoms with Crippen LogP contribution in [0.15, 0.2) is 48.5 Å². The lowest BCUT2D eigenvalue weighted by atomic mass is 9.92. The van der Waals surface area contributed by atoms with Gasteiger partial charge >= 0.3 is 6.09 Å². The van der Waals surface area contributed by atoms with Gasteiger partial charge < -0.3 is 9.64 Å². The van der Waals surface area contributed by atoms with Gasteiger partial charge in [-0.3, -0.25) is 4.90 Å². The highest BCUT2D eigenvalue weighted by Gasteiger charge is 2.33. The molecule has 29 heavy (non-hydrogen) atoms. The number of ether oxygens (including phenoxy) is 1. The number of nitrogens with zero attached hydrogens (tertiary/aromatic N) is 2. The molecule has 1 aliphatic heterocycles. The maximum atomic E-state index is 12.5. The molecule has 2 aromatic rings. The first-order valence-electron chi connectivity index (χ1n) is 10.1. The van der Waals surface area contributed by atoms with Gasteiger partial charge in [-0.2, -0.15) is 0 Å². The van der Waals surface area contributed by atoms with Crippen molar-refractivity contribution in [2.45, 2.75) is 32.4 Å². The fourth-order valence-corrected chi connectivity index (χ4v) is 4.72. The second-order valence-corrected chi connectivity index (χ2v) is 9.47. The number of hydrogen-bond acceptors (Lipinski definition) is 3. The van der Waals surface area contributed by atoms with E-state index in [4.69, 9.17) is 4.74 Å². The predicted molar refractivity (Wildman–Crippen MR) is 121 cm³/mol. The molecular weight excluding hydrogens is 428 g/mol. The molecule has 152 valence electrons. The zero-order chi connectivity index (χ0) is 20.6. The van der Waals surface area contributed by atoms with E-state index in [0.29, 0.717) is 13.1 Å². The number of hydrogen-bond donors (Lipinski definition) is 0. The Morgan fingerprint density at radius 3 is 2.28 bits per heavy atom. The van der Waals surface area contributed by atoms with Crippen LogP contribution in [0.25, 0.3) is 10.6 Å². The Morgan fingerprint density at radius 2 is 1.59 bits per heavy atom. The van der Waals surface area contributed by atoms with Crippen LogP contribution in [-0.2, 0) is 4.74 Å². The highest BCUT2D eigenvalue weighted by Crippen LogP contribution is 2.41. The summed E-state index contributed by atoms with van der Waals surface area (Å²) in [6.07, 6.45) is 1.99. The van der Waals surface area contributed by atoms with E-state index in [-0.39, 0.29) is 12.1 Å². The third kappa shape index (κ3) is 4.26. The highest BCUT2D eigenvalue weighted by molar-refractivity contribution is 9.15. The topological polar surface area (TPSA) is 32.8 Å². The van der Waals surface area contributed by atoms with Crippen molar-refractivity contribution in [1.82, 2.24) is 9.80 Å². The fourth-order valence-electron chi connectivity index (χ4n) is 4.11. The number of carbonyl (C=O) groups excluding carboxylic acids is 1. The molecular formula is C24H27BrN2O2. The smallest absolute Gasteiger partial charge is 0.410 e. The summed E-state index contributed by atoms with van der Waals surface area (Å²) in [7, 11) is 0. The first-order chi connectivity index (χ1) is 13.8. The van der Waals surface area contributed by atoms with Crippen molar-refractivity contribution in [3.8, 4) is 0 Å². The average Bonchev–Trinajstić information content (AvgIpc) is 2.81. The summed E-state index contributed by atoms with van der Waals surface area (Å²) in [5, 5.41) is 0. The summed E-state index contributed by atoms with van der Waals surface area (Å²) >= 11 is 3.79. The minimum Gasteiger partial charge on any atom is -0.444 e. The number of rotatable bonds is 1. The lowest BCUT2D eigenvalue weighted by Gasteiger charge is -2.40. The largest absolute Gasteiger partial charge is 0.444 e. The molecule has 1 fully saturated rings. The van der Waals surface area contributed by atoms with Gasteiger partial charge in [0.25, 0.3) is 0 Å². The summed E-state index contributed by atoms with van der Waals surface area (Å²) in [6, 6.07) is 17.3. The van der Waals surface area contributed by atoms with Crippen molar-refractivity contribution < 1.29 is 9.53 Å². The number of amides is 1. The normalized spacial score (nSPS) is 19.7. The number of piperazine rings is 1. The van der Waals surface area contributed by atoms with Gasteiger partial charge in [0.1, 0.15) is 5.60 Å². The SMILES string of the molecule is CC(C)(C)OC(=O)N1CCN(C2c3ccccc3C=C(Br)c3ccccc32)CC1. The van der Waals surface area contributed by atoms with Crippen LogP contribution in [0.1, 0.15) is 49.1 Å². The van der Waals surface area contributed by atoms with Gasteiger partial charge in [0, 0.05) is 30.7 Å². The summed E-state index contributed by atoms with van der Waals surface area (Å²) in [5.74, 6) is 0. The van der Waals surface area contributed by atoms with E-state index in [1.54, 1.807) is 0 Å². The average molecular weight is 455 g/mol. The van der Waals surface area contributed by atoms with Crippen LogP contribution in [0.5, 0.6) is 0 Å². The van der Waals surface area contributed by atoms with E-state index in [9.17, 15) is 4.79 Å². The Balaban J connectivity index is 1.62. The molecule has 1 saturated heterocycles. The molecule has 0 radical (unpaired) electrons. The van der Waals surface area contributed by atoms with Crippen LogP contribution in [0.4, 0.5) is 4.79 Å². The van der Waals surface area contributed by atoms with Crippen molar-refractivity contribution in [2.24, 2.45) is 0 Å². The van der Waals surface area contributed by atoms with E-state index in [1.165, 1.54) is 22.3 Å². The Labute approximate surface area is 181 Å². The molecule has 1 aliphatic carbocycles. The van der Waals surface area contributed by atoms with E-state index < -0.39 is 5.60 Å². The Bertz CT molecular complexity index is 940. The van der Waals surface area contributed by atoms with E-state index in [0.717, 1.165) is 17.6 Å². The first-order valence-corrected chi connectivity index (χ1v) is 10.9. The predicted octanol–water partition coefficient (Wildman–Crippen LogP) is 5.54. The number of fused-ring (bicyclic) bond motifs is 2. The fraction of sp³-hybridized carbons (Fsp3) is 0.375. The third-order valence-corrected chi connectivity index (χ3v) is 6.07. The zero-order valence-corrected chi connectivity index (χ0v) is 18.8. The van der Waals surface area contributed by atoms with Gasteiger partial charge in [0.2, 0.25) is 0 Å². The highest BCUT2D eigenvalue weighted by atomic mass is 79.9. The van der Waals surface area contributed by atoms with Crippen LogP contribution in [-0.4, -0.2) is 47.7 Å². The monoisotopic (exact) mass is 454 g/mol. The van der Waals surface area contributed by atoms with Crippen LogP contribution in [0.2, 0.25) is 0 Å². The van der Waals surface area contributed by atoms with Gasteiger partial charge in [-0.25, -0.2) is 4.79 Å². The van der Waals surface area contributed by atoms with Crippen LogP contribution >= 0.6 is 15.9 Å². The summed E-state index contributed by atoms with van der Waals surface area (Å²) in [4.78, 5) is 16.8. The number of carbonyl (C=O) groups is 1. The van der Waals surface area contributed by atoms with Crippen molar-refractivity contribution in [1.29, 1.82) is 0 Å². The van der Waals surface area contributed by atoms with Crippen molar-refractivity contribution in [3.05, 3.63) is 70.8 Å². The molecule has 2 aliphatic rings. The van der Waals surface area contributed by atoms with Crippen LogP contribution < -0.4 is 0 Å². The number of benzene rings is 2. The van der Waals surface area contributed by atoms with E-state index in [1.807, 2.05) is 25.7 Å². The van der Waals surface area contributed by atoms with Crippen molar-refractivity contribution in [3.63, 3.8) is 0 Å². The maximum Gasteiger partial charge on any atom is 0.410 e. The van der Waals surface area contributed by atoms with Crippen molar-refractivity contribution >= 4 is 32.6 Å². The molecule has 4 rings (SSSR count).